The molecule has 132 valence electrons. The summed E-state index contributed by atoms with van der Waals surface area (Å²) in [6, 6.07) is 25.6. The highest BCUT2D eigenvalue weighted by atomic mass is 16.5. The Balaban J connectivity index is 1.58. The van der Waals surface area contributed by atoms with Gasteiger partial charge in [-0.1, -0.05) is 54.6 Å². The molecule has 0 fully saturated rings. The molecule has 0 unspecified atom stereocenters. The number of carbonyl (C=O) groups is 1. The zero-order valence-corrected chi connectivity index (χ0v) is 15.1. The molecular formula is C23H23NO2. The predicted molar refractivity (Wildman–Crippen MR) is 105 cm³/mol. The summed E-state index contributed by atoms with van der Waals surface area (Å²) in [5.74, 6) is 0.763. The van der Waals surface area contributed by atoms with Crippen molar-refractivity contribution in [2.45, 2.75) is 26.5 Å². The van der Waals surface area contributed by atoms with E-state index in [9.17, 15) is 4.79 Å². The summed E-state index contributed by atoms with van der Waals surface area (Å²) in [5.41, 5.74) is 3.94. The summed E-state index contributed by atoms with van der Waals surface area (Å²) < 4.78 is 5.62. The van der Waals surface area contributed by atoms with E-state index in [1.165, 1.54) is 0 Å². The van der Waals surface area contributed by atoms with Gasteiger partial charge in [-0.25, -0.2) is 0 Å². The van der Waals surface area contributed by atoms with Gasteiger partial charge >= 0.3 is 0 Å². The Labute approximate surface area is 154 Å². The molecule has 0 aliphatic carbocycles. The summed E-state index contributed by atoms with van der Waals surface area (Å²) in [5, 5.41) is 2.95. The normalized spacial score (nSPS) is 10.6. The first-order valence-corrected chi connectivity index (χ1v) is 8.81. The first kappa shape index (κ1) is 17.7. The molecule has 0 aliphatic rings. The molecule has 0 saturated carbocycles. The van der Waals surface area contributed by atoms with Crippen molar-refractivity contribution in [3.8, 4) is 16.9 Å². The van der Waals surface area contributed by atoms with Gasteiger partial charge in [-0.15, -0.1) is 0 Å². The molecule has 3 heteroatoms. The highest BCUT2D eigenvalue weighted by Crippen LogP contribution is 2.19. The van der Waals surface area contributed by atoms with Crippen molar-refractivity contribution in [2.75, 3.05) is 0 Å². The van der Waals surface area contributed by atoms with E-state index in [0.29, 0.717) is 12.1 Å². The molecule has 0 aromatic heterocycles. The highest BCUT2D eigenvalue weighted by molar-refractivity contribution is 5.94. The van der Waals surface area contributed by atoms with E-state index in [1.54, 1.807) is 0 Å². The lowest BCUT2D eigenvalue weighted by Crippen LogP contribution is -2.22. The van der Waals surface area contributed by atoms with Gasteiger partial charge in [0.25, 0.3) is 5.91 Å². The van der Waals surface area contributed by atoms with Gasteiger partial charge in [0, 0.05) is 12.1 Å². The molecule has 3 aromatic carbocycles. The molecule has 3 nitrogen and oxygen atoms in total. The summed E-state index contributed by atoms with van der Waals surface area (Å²) in [6.07, 6.45) is 0.152. The maximum atomic E-state index is 12.3. The van der Waals surface area contributed by atoms with Crippen LogP contribution in [0.1, 0.15) is 29.8 Å². The van der Waals surface area contributed by atoms with Gasteiger partial charge in [0.15, 0.2) is 0 Å². The fourth-order valence-corrected chi connectivity index (χ4v) is 2.69. The maximum absolute atomic E-state index is 12.3. The Hall–Kier alpha value is -3.07. The number of benzene rings is 3. The van der Waals surface area contributed by atoms with Crippen molar-refractivity contribution in [3.05, 3.63) is 90.0 Å². The lowest BCUT2D eigenvalue weighted by Gasteiger charge is -2.10. The number of rotatable bonds is 6. The second-order valence-electron chi connectivity index (χ2n) is 6.44. The molecular weight excluding hydrogens is 322 g/mol. The number of hydrogen-bond acceptors (Lipinski definition) is 2. The quantitative estimate of drug-likeness (QED) is 0.677. The van der Waals surface area contributed by atoms with Crippen LogP contribution < -0.4 is 10.1 Å². The van der Waals surface area contributed by atoms with Crippen LogP contribution in [0.3, 0.4) is 0 Å². The van der Waals surface area contributed by atoms with Crippen molar-refractivity contribution >= 4 is 5.91 Å². The largest absolute Gasteiger partial charge is 0.491 e. The van der Waals surface area contributed by atoms with Crippen LogP contribution in [0.15, 0.2) is 78.9 Å². The van der Waals surface area contributed by atoms with E-state index in [2.05, 4.69) is 17.4 Å². The first-order valence-electron chi connectivity index (χ1n) is 8.81. The number of carbonyl (C=O) groups excluding carboxylic acids is 1. The van der Waals surface area contributed by atoms with E-state index < -0.39 is 0 Å². The van der Waals surface area contributed by atoms with Crippen molar-refractivity contribution in [1.82, 2.24) is 5.32 Å². The summed E-state index contributed by atoms with van der Waals surface area (Å²) >= 11 is 0. The van der Waals surface area contributed by atoms with Crippen LogP contribution in [0.25, 0.3) is 11.1 Å². The third-order valence-electron chi connectivity index (χ3n) is 4.00. The number of ether oxygens (including phenoxy) is 1. The van der Waals surface area contributed by atoms with Crippen molar-refractivity contribution in [1.29, 1.82) is 0 Å². The van der Waals surface area contributed by atoms with Crippen molar-refractivity contribution in [2.24, 2.45) is 0 Å². The van der Waals surface area contributed by atoms with E-state index in [0.717, 1.165) is 22.4 Å². The Morgan fingerprint density at radius 2 is 1.46 bits per heavy atom. The standard InChI is InChI=1S/C23H23NO2/c1-17(2)26-22-14-8-18(9-15-22)16-24-23(25)21-12-10-20(11-13-21)19-6-4-3-5-7-19/h3-15,17H,16H2,1-2H3,(H,24,25). The van der Waals surface area contributed by atoms with Crippen LogP contribution in [0.4, 0.5) is 0 Å². The van der Waals surface area contributed by atoms with E-state index in [4.69, 9.17) is 4.74 Å². The zero-order chi connectivity index (χ0) is 18.4. The topological polar surface area (TPSA) is 38.3 Å². The molecule has 0 aliphatic heterocycles. The van der Waals surface area contributed by atoms with Crippen LogP contribution in [0, 0.1) is 0 Å². The Morgan fingerprint density at radius 3 is 2.08 bits per heavy atom. The summed E-state index contributed by atoms with van der Waals surface area (Å²) in [7, 11) is 0. The molecule has 0 spiro atoms. The van der Waals surface area contributed by atoms with Crippen LogP contribution in [-0.4, -0.2) is 12.0 Å². The number of hydrogen-bond donors (Lipinski definition) is 1. The maximum Gasteiger partial charge on any atom is 0.251 e. The van der Waals surface area contributed by atoms with Gasteiger partial charge < -0.3 is 10.1 Å². The third kappa shape index (κ3) is 4.73. The minimum atomic E-state index is -0.0767. The Bertz CT molecular complexity index is 838. The second-order valence-corrected chi connectivity index (χ2v) is 6.44. The molecule has 0 radical (unpaired) electrons. The van der Waals surface area contributed by atoms with Gasteiger partial charge in [-0.05, 0) is 54.8 Å². The minimum Gasteiger partial charge on any atom is -0.491 e. The molecule has 3 rings (SSSR count). The van der Waals surface area contributed by atoms with Gasteiger partial charge in [0.2, 0.25) is 0 Å². The molecule has 1 amide bonds. The summed E-state index contributed by atoms with van der Waals surface area (Å²) in [6.45, 7) is 4.48. The molecule has 3 aromatic rings. The predicted octanol–water partition coefficient (Wildman–Crippen LogP) is 5.07. The Morgan fingerprint density at radius 1 is 0.846 bits per heavy atom. The molecule has 26 heavy (non-hydrogen) atoms. The monoisotopic (exact) mass is 345 g/mol. The van der Waals surface area contributed by atoms with Crippen molar-refractivity contribution in [3.63, 3.8) is 0 Å². The number of amides is 1. The second kappa shape index (κ2) is 8.34. The molecule has 0 saturated heterocycles. The molecule has 0 bridgehead atoms. The lowest BCUT2D eigenvalue weighted by molar-refractivity contribution is 0.0951. The minimum absolute atomic E-state index is 0.0767. The smallest absolute Gasteiger partial charge is 0.251 e. The van der Waals surface area contributed by atoms with Crippen LogP contribution in [0.5, 0.6) is 5.75 Å². The lowest BCUT2D eigenvalue weighted by atomic mass is 10.0. The molecule has 0 heterocycles. The van der Waals surface area contributed by atoms with E-state index >= 15 is 0 Å². The van der Waals surface area contributed by atoms with E-state index in [1.807, 2.05) is 80.6 Å². The van der Waals surface area contributed by atoms with Gasteiger partial charge in [0.05, 0.1) is 6.10 Å². The fraction of sp³-hybridized carbons (Fsp3) is 0.174. The summed E-state index contributed by atoms with van der Waals surface area (Å²) in [4.78, 5) is 12.3. The fourth-order valence-electron chi connectivity index (χ4n) is 2.69. The molecule has 0 atom stereocenters. The van der Waals surface area contributed by atoms with Crippen LogP contribution in [0.2, 0.25) is 0 Å². The first-order chi connectivity index (χ1) is 12.6. The zero-order valence-electron chi connectivity index (χ0n) is 15.1. The third-order valence-corrected chi connectivity index (χ3v) is 4.00. The van der Waals surface area contributed by atoms with Gasteiger partial charge in [0.1, 0.15) is 5.75 Å². The SMILES string of the molecule is CC(C)Oc1ccc(CNC(=O)c2ccc(-c3ccccc3)cc2)cc1. The molecule has 1 N–H and O–H groups in total. The van der Waals surface area contributed by atoms with Gasteiger partial charge in [-0.3, -0.25) is 4.79 Å². The Kier molecular flexibility index (Phi) is 5.69. The van der Waals surface area contributed by atoms with Crippen LogP contribution >= 0.6 is 0 Å². The average Bonchev–Trinajstić information content (AvgIpc) is 2.67. The van der Waals surface area contributed by atoms with Gasteiger partial charge in [-0.2, -0.15) is 0 Å². The average molecular weight is 345 g/mol. The van der Waals surface area contributed by atoms with E-state index in [-0.39, 0.29) is 12.0 Å². The van der Waals surface area contributed by atoms with Crippen LogP contribution in [-0.2, 0) is 6.54 Å². The highest BCUT2D eigenvalue weighted by Gasteiger charge is 2.06. The number of nitrogens with one attached hydrogen (secondary N) is 1. The van der Waals surface area contributed by atoms with Crippen molar-refractivity contribution < 1.29 is 9.53 Å².